The quantitative estimate of drug-likeness (QED) is 0.546. The third-order valence-electron chi connectivity index (χ3n) is 3.06. The fraction of sp³-hybridized carbons (Fsp3) is 0.143. The molecule has 0 fully saturated rings. The second-order valence-corrected chi connectivity index (χ2v) is 5.01. The van der Waals surface area contributed by atoms with Crippen LogP contribution < -0.4 is 4.74 Å². The third kappa shape index (κ3) is 2.44. The second-order valence-electron chi connectivity index (χ2n) is 4.31. The lowest BCUT2D eigenvalue weighted by Gasteiger charge is -2.06. The minimum Gasteiger partial charge on any atom is -0.497 e. The molecule has 0 saturated heterocycles. The zero-order valence-electron chi connectivity index (χ0n) is 10.7. The first-order valence-electron chi connectivity index (χ1n) is 5.98. The van der Waals surface area contributed by atoms with Crippen LogP contribution in [0.2, 0.25) is 10.4 Å². The van der Waals surface area contributed by atoms with E-state index in [1.807, 2.05) is 41.1 Å². The maximum absolute atomic E-state index is 6.05. The van der Waals surface area contributed by atoms with E-state index in [1.165, 1.54) is 0 Å². The minimum absolute atomic E-state index is 0.150. The highest BCUT2D eigenvalue weighted by Gasteiger charge is 2.09. The Morgan fingerprint density at radius 2 is 1.85 bits per heavy atom. The lowest BCUT2D eigenvalue weighted by Crippen LogP contribution is -2.00. The van der Waals surface area contributed by atoms with E-state index in [2.05, 4.69) is 9.97 Å². The van der Waals surface area contributed by atoms with Crippen LogP contribution in [-0.4, -0.2) is 21.6 Å². The molecule has 3 rings (SSSR count). The van der Waals surface area contributed by atoms with Gasteiger partial charge in [-0.1, -0.05) is 23.7 Å². The largest absolute Gasteiger partial charge is 0.497 e. The van der Waals surface area contributed by atoms with Gasteiger partial charge in [-0.2, -0.15) is 4.98 Å². The first-order valence-corrected chi connectivity index (χ1v) is 6.74. The van der Waals surface area contributed by atoms with E-state index < -0.39 is 0 Å². The van der Waals surface area contributed by atoms with E-state index in [0.29, 0.717) is 11.7 Å². The van der Waals surface area contributed by atoms with Gasteiger partial charge in [0, 0.05) is 12.7 Å². The van der Waals surface area contributed by atoms with E-state index in [9.17, 15) is 0 Å². The molecule has 1 aromatic carbocycles. The monoisotopic (exact) mass is 307 g/mol. The Kier molecular flexibility index (Phi) is 3.51. The molecular formula is C14H11Cl2N3O. The number of hydrogen-bond donors (Lipinski definition) is 0. The molecule has 6 heteroatoms. The molecule has 0 N–H and O–H groups in total. The molecular weight excluding hydrogens is 297 g/mol. The highest BCUT2D eigenvalue weighted by Crippen LogP contribution is 2.24. The Labute approximate surface area is 125 Å². The van der Waals surface area contributed by atoms with Crippen LogP contribution in [0, 0.1) is 0 Å². The molecule has 0 radical (unpaired) electrons. The van der Waals surface area contributed by atoms with Crippen molar-refractivity contribution in [1.29, 1.82) is 0 Å². The van der Waals surface area contributed by atoms with Crippen molar-refractivity contribution in [1.82, 2.24) is 14.5 Å². The summed E-state index contributed by atoms with van der Waals surface area (Å²) in [4.78, 5) is 8.17. The van der Waals surface area contributed by atoms with Crippen molar-refractivity contribution in [3.05, 3.63) is 52.5 Å². The normalized spacial score (nSPS) is 10.9. The number of nitrogens with zero attached hydrogens (tertiary/aromatic N) is 3. The van der Waals surface area contributed by atoms with Gasteiger partial charge in [-0.05, 0) is 35.4 Å². The van der Waals surface area contributed by atoms with Crippen molar-refractivity contribution in [2.45, 2.75) is 6.54 Å². The summed E-state index contributed by atoms with van der Waals surface area (Å²) in [6, 6.07) is 9.76. The smallest absolute Gasteiger partial charge is 0.225 e. The average Bonchev–Trinajstić information content (AvgIpc) is 2.83. The minimum atomic E-state index is 0.150. The number of benzene rings is 1. The molecule has 0 unspecified atom stereocenters. The summed E-state index contributed by atoms with van der Waals surface area (Å²) < 4.78 is 7.13. The van der Waals surface area contributed by atoms with E-state index in [-0.39, 0.29) is 5.28 Å². The fourth-order valence-corrected chi connectivity index (χ4v) is 2.49. The van der Waals surface area contributed by atoms with Gasteiger partial charge >= 0.3 is 0 Å². The van der Waals surface area contributed by atoms with Gasteiger partial charge in [0.05, 0.1) is 12.5 Å². The van der Waals surface area contributed by atoms with Gasteiger partial charge in [-0.15, -0.1) is 0 Å². The van der Waals surface area contributed by atoms with Crippen molar-refractivity contribution >= 4 is 34.2 Å². The summed E-state index contributed by atoms with van der Waals surface area (Å²) in [6.45, 7) is 0.678. The number of hydrogen-bond acceptors (Lipinski definition) is 3. The number of rotatable bonds is 3. The van der Waals surface area contributed by atoms with E-state index in [4.69, 9.17) is 27.9 Å². The maximum atomic E-state index is 6.05. The zero-order valence-corrected chi connectivity index (χ0v) is 12.2. The molecule has 4 nitrogen and oxygen atoms in total. The molecule has 102 valence electrons. The highest BCUT2D eigenvalue weighted by molar-refractivity contribution is 6.35. The highest BCUT2D eigenvalue weighted by atomic mass is 35.5. The number of ether oxygens (including phenoxy) is 1. The Morgan fingerprint density at radius 3 is 2.55 bits per heavy atom. The van der Waals surface area contributed by atoms with Crippen LogP contribution in [0.4, 0.5) is 0 Å². The summed E-state index contributed by atoms with van der Waals surface area (Å²) in [7, 11) is 1.65. The van der Waals surface area contributed by atoms with Crippen molar-refractivity contribution < 1.29 is 4.74 Å². The zero-order chi connectivity index (χ0) is 14.1. The molecule has 0 aliphatic rings. The number of fused-ring (bicyclic) bond motifs is 1. The van der Waals surface area contributed by atoms with Crippen LogP contribution in [0.3, 0.4) is 0 Å². The summed E-state index contributed by atoms with van der Waals surface area (Å²) in [5, 5.41) is 1.32. The molecule has 2 aromatic heterocycles. The Morgan fingerprint density at radius 1 is 1.10 bits per heavy atom. The molecule has 0 aliphatic heterocycles. The molecule has 2 heterocycles. The van der Waals surface area contributed by atoms with Crippen LogP contribution in [0.25, 0.3) is 11.0 Å². The third-order valence-corrected chi connectivity index (χ3v) is 3.51. The molecule has 0 amide bonds. The predicted molar refractivity (Wildman–Crippen MR) is 79.6 cm³/mol. The second kappa shape index (κ2) is 5.31. The van der Waals surface area contributed by atoms with Gasteiger partial charge in [0.2, 0.25) is 5.28 Å². The predicted octanol–water partition coefficient (Wildman–Crippen LogP) is 3.80. The van der Waals surface area contributed by atoms with Crippen molar-refractivity contribution in [2.75, 3.05) is 7.11 Å². The molecule has 0 spiro atoms. The van der Waals surface area contributed by atoms with Crippen molar-refractivity contribution in [2.24, 2.45) is 0 Å². The van der Waals surface area contributed by atoms with Crippen molar-refractivity contribution in [3.8, 4) is 5.75 Å². The molecule has 0 aliphatic carbocycles. The summed E-state index contributed by atoms with van der Waals surface area (Å²) in [5.41, 5.74) is 1.86. The number of halogens is 2. The lowest BCUT2D eigenvalue weighted by atomic mass is 10.2. The van der Waals surface area contributed by atoms with Gasteiger partial charge in [0.15, 0.2) is 0 Å². The molecule has 3 aromatic rings. The van der Waals surface area contributed by atoms with Crippen LogP contribution >= 0.6 is 23.2 Å². The maximum Gasteiger partial charge on any atom is 0.225 e. The Bertz CT molecular complexity index is 753. The summed E-state index contributed by atoms with van der Waals surface area (Å²) in [5.74, 6) is 0.833. The van der Waals surface area contributed by atoms with Crippen LogP contribution in [0.15, 0.2) is 36.5 Å². The average molecular weight is 308 g/mol. The van der Waals surface area contributed by atoms with E-state index in [1.54, 1.807) is 7.11 Å². The summed E-state index contributed by atoms with van der Waals surface area (Å²) in [6.07, 6.45) is 1.92. The number of aromatic nitrogens is 3. The lowest BCUT2D eigenvalue weighted by molar-refractivity contribution is 0.414. The first kappa shape index (κ1) is 13.2. The SMILES string of the molecule is COc1ccc(Cn2ccc3c(Cl)nc(Cl)nc32)cc1. The van der Waals surface area contributed by atoms with Gasteiger partial charge in [0.1, 0.15) is 16.5 Å². The molecule has 0 atom stereocenters. The topological polar surface area (TPSA) is 39.9 Å². The van der Waals surface area contributed by atoms with E-state index >= 15 is 0 Å². The first-order chi connectivity index (χ1) is 9.67. The fourth-order valence-electron chi connectivity index (χ4n) is 2.06. The van der Waals surface area contributed by atoms with Gasteiger partial charge in [-0.3, -0.25) is 0 Å². The standard InChI is InChI=1S/C14H11Cl2N3O/c1-20-10-4-2-9(3-5-10)8-19-7-6-11-12(15)17-14(16)18-13(11)19/h2-7H,8H2,1H3. The summed E-state index contributed by atoms with van der Waals surface area (Å²) >= 11 is 11.9. The van der Waals surface area contributed by atoms with E-state index in [0.717, 1.165) is 22.3 Å². The number of methoxy groups -OCH3 is 1. The van der Waals surface area contributed by atoms with Gasteiger partial charge in [-0.25, -0.2) is 4.98 Å². The van der Waals surface area contributed by atoms with Gasteiger partial charge in [0.25, 0.3) is 0 Å². The molecule has 0 saturated carbocycles. The Balaban J connectivity index is 1.97. The molecule has 20 heavy (non-hydrogen) atoms. The van der Waals surface area contributed by atoms with Crippen molar-refractivity contribution in [3.63, 3.8) is 0 Å². The van der Waals surface area contributed by atoms with Crippen LogP contribution in [0.1, 0.15) is 5.56 Å². The Hall–Kier alpha value is -1.78. The van der Waals surface area contributed by atoms with Crippen LogP contribution in [0.5, 0.6) is 5.75 Å². The molecule has 0 bridgehead atoms. The van der Waals surface area contributed by atoms with Gasteiger partial charge < -0.3 is 9.30 Å². The van der Waals surface area contributed by atoms with Crippen LogP contribution in [-0.2, 0) is 6.54 Å².